The van der Waals surface area contributed by atoms with Gasteiger partial charge in [-0.15, -0.1) is 0 Å². The highest BCUT2D eigenvalue weighted by Crippen LogP contribution is 2.22. The van der Waals surface area contributed by atoms with Gasteiger partial charge in [0, 0.05) is 18.0 Å². The maximum absolute atomic E-state index is 11.8. The number of amides is 2. The molecule has 2 rings (SSSR count). The third-order valence-corrected chi connectivity index (χ3v) is 3.13. The Bertz CT molecular complexity index is 647. The predicted molar refractivity (Wildman–Crippen MR) is 75.6 cm³/mol. The second-order valence-electron chi connectivity index (χ2n) is 3.78. The summed E-state index contributed by atoms with van der Waals surface area (Å²) in [5.74, 6) is -0.965. The van der Waals surface area contributed by atoms with Crippen LogP contribution in [0.3, 0.4) is 0 Å². The minimum atomic E-state index is -0.499. The van der Waals surface area contributed by atoms with E-state index in [1.54, 1.807) is 18.3 Å². The van der Waals surface area contributed by atoms with Crippen molar-refractivity contribution >= 4 is 35.0 Å². The monoisotopic (exact) mass is 309 g/mol. The predicted octanol–water partition coefficient (Wildman–Crippen LogP) is 2.46. The number of hydrogen-bond acceptors (Lipinski definition) is 3. The van der Waals surface area contributed by atoms with Crippen molar-refractivity contribution < 1.29 is 9.59 Å². The van der Waals surface area contributed by atoms with E-state index in [0.29, 0.717) is 10.6 Å². The smallest absolute Gasteiger partial charge is 0.267 e. The number of benzene rings is 1. The topological polar surface area (TPSA) is 71.1 Å². The third kappa shape index (κ3) is 3.46. The van der Waals surface area contributed by atoms with Crippen molar-refractivity contribution in [3.63, 3.8) is 0 Å². The Morgan fingerprint density at radius 3 is 2.25 bits per heavy atom. The van der Waals surface area contributed by atoms with Crippen LogP contribution in [0.5, 0.6) is 0 Å². The number of carbonyl (C=O) groups is 2. The summed E-state index contributed by atoms with van der Waals surface area (Å²) in [5.41, 5.74) is 5.17. The van der Waals surface area contributed by atoms with Gasteiger partial charge in [0.15, 0.2) is 0 Å². The first-order valence-electron chi connectivity index (χ1n) is 5.53. The van der Waals surface area contributed by atoms with Gasteiger partial charge in [0.1, 0.15) is 0 Å². The first-order valence-corrected chi connectivity index (χ1v) is 6.29. The molecule has 0 saturated heterocycles. The first kappa shape index (κ1) is 14.3. The Kier molecular flexibility index (Phi) is 4.55. The number of nitrogens with one attached hydrogen (secondary N) is 2. The van der Waals surface area contributed by atoms with Gasteiger partial charge in [0.25, 0.3) is 11.8 Å². The molecule has 1 heterocycles. The Balaban J connectivity index is 1.98. The van der Waals surface area contributed by atoms with Crippen LogP contribution in [-0.2, 0) is 0 Å². The van der Waals surface area contributed by atoms with Crippen LogP contribution in [-0.4, -0.2) is 16.8 Å². The summed E-state index contributed by atoms with van der Waals surface area (Å²) in [6.45, 7) is 0. The lowest BCUT2D eigenvalue weighted by molar-refractivity contribution is 0.0846. The Hall–Kier alpha value is -2.11. The van der Waals surface area contributed by atoms with E-state index in [1.165, 1.54) is 24.4 Å². The number of aromatic nitrogens is 1. The number of pyridine rings is 1. The van der Waals surface area contributed by atoms with Crippen molar-refractivity contribution in [2.24, 2.45) is 0 Å². The summed E-state index contributed by atoms with van der Waals surface area (Å²) in [4.78, 5) is 27.3. The molecule has 0 radical (unpaired) electrons. The van der Waals surface area contributed by atoms with Crippen LogP contribution < -0.4 is 10.9 Å². The number of rotatable bonds is 2. The summed E-state index contributed by atoms with van der Waals surface area (Å²) in [6, 6.07) is 7.61. The van der Waals surface area contributed by atoms with E-state index in [0.717, 1.165) is 0 Å². The molecule has 0 atom stereocenters. The molecule has 0 spiro atoms. The molecule has 0 aliphatic rings. The summed E-state index contributed by atoms with van der Waals surface area (Å²) in [5, 5.41) is 0.612. The van der Waals surface area contributed by atoms with Crippen LogP contribution in [0.25, 0.3) is 0 Å². The molecule has 0 unspecified atom stereocenters. The maximum atomic E-state index is 11.8. The van der Waals surface area contributed by atoms with Crippen molar-refractivity contribution in [1.29, 1.82) is 0 Å². The highest BCUT2D eigenvalue weighted by atomic mass is 35.5. The van der Waals surface area contributed by atoms with Crippen LogP contribution in [0.15, 0.2) is 42.7 Å². The summed E-state index contributed by atoms with van der Waals surface area (Å²) in [7, 11) is 0. The van der Waals surface area contributed by atoms with E-state index in [4.69, 9.17) is 23.2 Å². The lowest BCUT2D eigenvalue weighted by Gasteiger charge is -2.07. The van der Waals surface area contributed by atoms with E-state index in [9.17, 15) is 9.59 Å². The van der Waals surface area contributed by atoms with Crippen molar-refractivity contribution in [2.75, 3.05) is 0 Å². The number of halogens is 2. The molecule has 1 aromatic carbocycles. The van der Waals surface area contributed by atoms with E-state index < -0.39 is 11.8 Å². The van der Waals surface area contributed by atoms with Crippen LogP contribution in [0.4, 0.5) is 0 Å². The Labute approximate surface area is 124 Å². The fourth-order valence-electron chi connectivity index (χ4n) is 1.39. The molecular weight excluding hydrogens is 301 g/mol. The first-order chi connectivity index (χ1) is 9.58. The molecule has 5 nitrogen and oxygen atoms in total. The van der Waals surface area contributed by atoms with Gasteiger partial charge in [0.2, 0.25) is 0 Å². The molecule has 0 bridgehead atoms. The van der Waals surface area contributed by atoms with Crippen molar-refractivity contribution in [1.82, 2.24) is 15.8 Å². The number of carbonyl (C=O) groups excluding carboxylic acids is 2. The highest BCUT2D eigenvalue weighted by Gasteiger charge is 2.10. The van der Waals surface area contributed by atoms with Gasteiger partial charge in [-0.05, 0) is 30.3 Å². The molecule has 0 aliphatic heterocycles. The SMILES string of the molecule is O=C(NNC(=O)c1ccc(Cl)c(Cl)c1)c1cccnc1. The standard InChI is InChI=1S/C13H9Cl2N3O2/c14-10-4-3-8(6-11(10)15)12(19)17-18-13(20)9-2-1-5-16-7-9/h1-7H,(H,17,19)(H,18,20). The van der Waals surface area contributed by atoms with Gasteiger partial charge in [-0.1, -0.05) is 23.2 Å². The van der Waals surface area contributed by atoms with Gasteiger partial charge in [-0.25, -0.2) is 0 Å². The molecule has 0 aliphatic carbocycles. The lowest BCUT2D eigenvalue weighted by atomic mass is 10.2. The molecule has 20 heavy (non-hydrogen) atoms. The van der Waals surface area contributed by atoms with Crippen LogP contribution >= 0.6 is 23.2 Å². The van der Waals surface area contributed by atoms with Crippen molar-refractivity contribution in [2.45, 2.75) is 0 Å². The second kappa shape index (κ2) is 6.36. The lowest BCUT2D eigenvalue weighted by Crippen LogP contribution is -2.41. The molecule has 0 fully saturated rings. The van der Waals surface area contributed by atoms with E-state index in [2.05, 4.69) is 15.8 Å². The van der Waals surface area contributed by atoms with Gasteiger partial charge in [0.05, 0.1) is 15.6 Å². The van der Waals surface area contributed by atoms with Gasteiger partial charge in [-0.3, -0.25) is 25.4 Å². The second-order valence-corrected chi connectivity index (χ2v) is 4.59. The van der Waals surface area contributed by atoms with Gasteiger partial charge in [-0.2, -0.15) is 0 Å². The van der Waals surface area contributed by atoms with Gasteiger partial charge < -0.3 is 0 Å². The molecule has 2 aromatic rings. The van der Waals surface area contributed by atoms with E-state index in [1.807, 2.05) is 0 Å². The largest absolute Gasteiger partial charge is 0.271 e. The molecule has 7 heteroatoms. The number of hydrogen-bond donors (Lipinski definition) is 2. The molecular formula is C13H9Cl2N3O2. The minimum absolute atomic E-state index is 0.262. The average Bonchev–Trinajstić information content (AvgIpc) is 2.48. The number of nitrogens with zero attached hydrogens (tertiary/aromatic N) is 1. The quantitative estimate of drug-likeness (QED) is 0.837. The molecule has 1 aromatic heterocycles. The van der Waals surface area contributed by atoms with Crippen LogP contribution in [0.2, 0.25) is 10.0 Å². The summed E-state index contributed by atoms with van der Waals surface area (Å²) < 4.78 is 0. The zero-order valence-corrected chi connectivity index (χ0v) is 11.6. The fraction of sp³-hybridized carbons (Fsp3) is 0. The summed E-state index contributed by atoms with van der Waals surface area (Å²) in [6.07, 6.45) is 2.94. The van der Waals surface area contributed by atoms with E-state index in [-0.39, 0.29) is 10.6 Å². The molecule has 2 N–H and O–H groups in total. The Morgan fingerprint density at radius 1 is 0.950 bits per heavy atom. The fourth-order valence-corrected chi connectivity index (χ4v) is 1.69. The zero-order valence-electron chi connectivity index (χ0n) is 10.1. The van der Waals surface area contributed by atoms with Crippen molar-refractivity contribution in [3.8, 4) is 0 Å². The summed E-state index contributed by atoms with van der Waals surface area (Å²) >= 11 is 11.6. The minimum Gasteiger partial charge on any atom is -0.267 e. The van der Waals surface area contributed by atoms with Crippen LogP contribution in [0, 0.1) is 0 Å². The molecule has 2 amide bonds. The third-order valence-electron chi connectivity index (χ3n) is 2.40. The van der Waals surface area contributed by atoms with E-state index >= 15 is 0 Å². The highest BCUT2D eigenvalue weighted by molar-refractivity contribution is 6.42. The van der Waals surface area contributed by atoms with Crippen molar-refractivity contribution in [3.05, 3.63) is 63.9 Å². The zero-order chi connectivity index (χ0) is 14.5. The molecule has 102 valence electrons. The maximum Gasteiger partial charge on any atom is 0.271 e. The Morgan fingerprint density at radius 2 is 1.65 bits per heavy atom. The van der Waals surface area contributed by atoms with Gasteiger partial charge >= 0.3 is 0 Å². The molecule has 0 saturated carbocycles. The normalized spacial score (nSPS) is 9.90. The number of hydrazine groups is 1. The van der Waals surface area contributed by atoms with Crippen LogP contribution in [0.1, 0.15) is 20.7 Å². The average molecular weight is 310 g/mol.